The number of amides is 1. The topological polar surface area (TPSA) is 35.6 Å². The summed E-state index contributed by atoms with van der Waals surface area (Å²) in [6.45, 7) is 6.84. The Labute approximate surface area is 105 Å². The maximum Gasteiger partial charge on any atom is 0.242 e. The maximum absolute atomic E-state index is 12.2. The molecule has 1 saturated heterocycles. The van der Waals surface area contributed by atoms with Crippen molar-refractivity contribution in [1.82, 2.24) is 15.1 Å². The summed E-state index contributed by atoms with van der Waals surface area (Å²) < 4.78 is 0. The summed E-state index contributed by atoms with van der Waals surface area (Å²) in [7, 11) is 6.07. The first-order chi connectivity index (χ1) is 7.86. The number of nitrogens with one attached hydrogen (secondary N) is 1. The lowest BCUT2D eigenvalue weighted by molar-refractivity contribution is -0.138. The lowest BCUT2D eigenvalue weighted by Gasteiger charge is -2.37. The average molecular weight is 241 g/mol. The predicted molar refractivity (Wildman–Crippen MR) is 71.0 cm³/mol. The highest BCUT2D eigenvalue weighted by Crippen LogP contribution is 2.20. The molecule has 1 heterocycles. The molecule has 0 unspecified atom stereocenters. The van der Waals surface area contributed by atoms with Crippen LogP contribution in [-0.4, -0.2) is 62.0 Å². The minimum atomic E-state index is -0.436. The van der Waals surface area contributed by atoms with Crippen LogP contribution in [0.1, 0.15) is 26.7 Å². The number of likely N-dealkylation sites (N-methyl/N-ethyl adjacent to an activating group) is 1. The largest absolute Gasteiger partial charge is 0.341 e. The molecule has 4 heteroatoms. The van der Waals surface area contributed by atoms with E-state index >= 15 is 0 Å². The van der Waals surface area contributed by atoms with E-state index in [1.807, 2.05) is 25.8 Å². The Hall–Kier alpha value is -0.610. The number of likely N-dealkylation sites (tertiary alicyclic amines) is 1. The van der Waals surface area contributed by atoms with E-state index in [0.29, 0.717) is 0 Å². The number of carbonyl (C=O) groups excluding carboxylic acids is 1. The van der Waals surface area contributed by atoms with Crippen LogP contribution >= 0.6 is 0 Å². The van der Waals surface area contributed by atoms with E-state index in [9.17, 15) is 4.79 Å². The van der Waals surface area contributed by atoms with E-state index in [4.69, 9.17) is 0 Å². The van der Waals surface area contributed by atoms with Gasteiger partial charge in [-0.25, -0.2) is 0 Å². The zero-order valence-corrected chi connectivity index (χ0v) is 11.9. The van der Waals surface area contributed by atoms with Crippen molar-refractivity contribution in [2.24, 2.45) is 5.92 Å². The van der Waals surface area contributed by atoms with Crippen molar-refractivity contribution in [3.8, 4) is 0 Å². The van der Waals surface area contributed by atoms with Gasteiger partial charge >= 0.3 is 0 Å². The Kier molecular flexibility index (Phi) is 4.95. The van der Waals surface area contributed by atoms with Crippen LogP contribution in [0.3, 0.4) is 0 Å². The molecule has 1 N–H and O–H groups in total. The first-order valence-corrected chi connectivity index (χ1v) is 6.50. The molecule has 1 rings (SSSR count). The summed E-state index contributed by atoms with van der Waals surface area (Å²) in [6, 6.07) is 0. The second-order valence-corrected chi connectivity index (χ2v) is 5.87. The van der Waals surface area contributed by atoms with Crippen molar-refractivity contribution in [2.45, 2.75) is 32.2 Å². The molecule has 0 saturated carbocycles. The average Bonchev–Trinajstić information content (AvgIpc) is 2.28. The predicted octanol–water partition coefficient (Wildman–Crippen LogP) is 0.785. The van der Waals surface area contributed by atoms with Gasteiger partial charge in [0.15, 0.2) is 0 Å². The first kappa shape index (κ1) is 14.5. The van der Waals surface area contributed by atoms with Gasteiger partial charge in [0.05, 0.1) is 5.54 Å². The van der Waals surface area contributed by atoms with Gasteiger partial charge in [-0.05, 0) is 53.8 Å². The lowest BCUT2D eigenvalue weighted by atomic mass is 9.94. The molecule has 0 bridgehead atoms. The van der Waals surface area contributed by atoms with Crippen LogP contribution in [0.4, 0.5) is 0 Å². The van der Waals surface area contributed by atoms with Crippen molar-refractivity contribution in [2.75, 3.05) is 40.8 Å². The molecule has 0 radical (unpaired) electrons. The normalized spacial score (nSPS) is 18.8. The van der Waals surface area contributed by atoms with Crippen molar-refractivity contribution in [3.05, 3.63) is 0 Å². The SMILES string of the molecule is CNC(C)(C)C(=O)N1CCC(CN(C)C)CC1. The number of carbonyl (C=O) groups is 1. The minimum absolute atomic E-state index is 0.225. The third kappa shape index (κ3) is 3.96. The fourth-order valence-corrected chi connectivity index (χ4v) is 2.34. The molecule has 1 fully saturated rings. The zero-order valence-electron chi connectivity index (χ0n) is 11.9. The second-order valence-electron chi connectivity index (χ2n) is 5.87. The van der Waals surface area contributed by atoms with Crippen molar-refractivity contribution in [3.63, 3.8) is 0 Å². The van der Waals surface area contributed by atoms with Crippen molar-refractivity contribution < 1.29 is 4.79 Å². The zero-order chi connectivity index (χ0) is 13.1. The van der Waals surface area contributed by atoms with Gasteiger partial charge in [-0.15, -0.1) is 0 Å². The van der Waals surface area contributed by atoms with E-state index in [-0.39, 0.29) is 5.91 Å². The van der Waals surface area contributed by atoms with E-state index in [1.165, 1.54) is 0 Å². The van der Waals surface area contributed by atoms with Gasteiger partial charge in [-0.3, -0.25) is 4.79 Å². The highest BCUT2D eigenvalue weighted by molar-refractivity contribution is 5.85. The van der Waals surface area contributed by atoms with Gasteiger partial charge in [0.2, 0.25) is 5.91 Å². The van der Waals surface area contributed by atoms with E-state index < -0.39 is 5.54 Å². The summed E-state index contributed by atoms with van der Waals surface area (Å²) >= 11 is 0. The monoisotopic (exact) mass is 241 g/mol. The van der Waals surface area contributed by atoms with Crippen molar-refractivity contribution in [1.29, 1.82) is 0 Å². The molecule has 0 aliphatic carbocycles. The third-order valence-electron chi connectivity index (χ3n) is 3.68. The van der Waals surface area contributed by atoms with Crippen LogP contribution in [0.5, 0.6) is 0 Å². The standard InChI is InChI=1S/C13H27N3O/c1-13(2,14-3)12(17)16-8-6-11(7-9-16)10-15(4)5/h11,14H,6-10H2,1-5H3. The Bertz CT molecular complexity index is 255. The molecular weight excluding hydrogens is 214 g/mol. The molecule has 0 spiro atoms. The van der Waals surface area contributed by atoms with E-state index in [1.54, 1.807) is 0 Å². The number of hydrogen-bond donors (Lipinski definition) is 1. The van der Waals surface area contributed by atoms with E-state index in [0.717, 1.165) is 38.4 Å². The number of rotatable bonds is 4. The summed E-state index contributed by atoms with van der Waals surface area (Å²) in [4.78, 5) is 16.5. The number of nitrogens with zero attached hydrogens (tertiary/aromatic N) is 2. The van der Waals surface area contributed by atoms with Crippen molar-refractivity contribution >= 4 is 5.91 Å². The molecule has 17 heavy (non-hydrogen) atoms. The van der Waals surface area contributed by atoms with Crippen LogP contribution in [0.15, 0.2) is 0 Å². The highest BCUT2D eigenvalue weighted by atomic mass is 16.2. The first-order valence-electron chi connectivity index (χ1n) is 6.50. The minimum Gasteiger partial charge on any atom is -0.341 e. The van der Waals surface area contributed by atoms with Crippen LogP contribution < -0.4 is 5.32 Å². The van der Waals surface area contributed by atoms with Crippen LogP contribution in [0.25, 0.3) is 0 Å². The van der Waals surface area contributed by atoms with Gasteiger partial charge in [0, 0.05) is 19.6 Å². The Morgan fingerprint density at radius 3 is 2.29 bits per heavy atom. The molecular formula is C13H27N3O. The highest BCUT2D eigenvalue weighted by Gasteiger charge is 2.32. The number of hydrogen-bond acceptors (Lipinski definition) is 3. The fraction of sp³-hybridized carbons (Fsp3) is 0.923. The second kappa shape index (κ2) is 5.83. The molecule has 0 aromatic carbocycles. The molecule has 1 aliphatic rings. The van der Waals surface area contributed by atoms with Gasteiger partial charge in [0.25, 0.3) is 0 Å². The fourth-order valence-electron chi connectivity index (χ4n) is 2.34. The van der Waals surface area contributed by atoms with Crippen LogP contribution in [0.2, 0.25) is 0 Å². The lowest BCUT2D eigenvalue weighted by Crippen LogP contribution is -2.54. The van der Waals surface area contributed by atoms with Gasteiger partial charge < -0.3 is 15.1 Å². The Balaban J connectivity index is 2.44. The number of piperidine rings is 1. The van der Waals surface area contributed by atoms with Gasteiger partial charge in [0.1, 0.15) is 0 Å². The van der Waals surface area contributed by atoms with Gasteiger partial charge in [-0.1, -0.05) is 0 Å². The molecule has 1 amide bonds. The molecule has 0 aromatic heterocycles. The molecule has 100 valence electrons. The Morgan fingerprint density at radius 1 is 1.35 bits per heavy atom. The third-order valence-corrected chi connectivity index (χ3v) is 3.68. The Morgan fingerprint density at radius 2 is 1.88 bits per heavy atom. The summed E-state index contributed by atoms with van der Waals surface area (Å²) in [5.41, 5.74) is -0.436. The summed E-state index contributed by atoms with van der Waals surface area (Å²) in [6.07, 6.45) is 2.26. The van der Waals surface area contributed by atoms with E-state index in [2.05, 4.69) is 24.3 Å². The van der Waals surface area contributed by atoms with Crippen LogP contribution in [0, 0.1) is 5.92 Å². The molecule has 0 aromatic rings. The molecule has 0 atom stereocenters. The quantitative estimate of drug-likeness (QED) is 0.790. The van der Waals surface area contributed by atoms with Crippen LogP contribution in [-0.2, 0) is 4.79 Å². The summed E-state index contributed by atoms with van der Waals surface area (Å²) in [5.74, 6) is 0.968. The summed E-state index contributed by atoms with van der Waals surface area (Å²) in [5, 5.41) is 3.08. The smallest absolute Gasteiger partial charge is 0.242 e. The maximum atomic E-state index is 12.2. The molecule has 1 aliphatic heterocycles. The van der Waals surface area contributed by atoms with Gasteiger partial charge in [-0.2, -0.15) is 0 Å². The molecule has 4 nitrogen and oxygen atoms in total.